The van der Waals surface area contributed by atoms with Gasteiger partial charge in [0, 0.05) is 18.2 Å². The van der Waals surface area contributed by atoms with E-state index in [2.05, 4.69) is 0 Å². The van der Waals surface area contributed by atoms with Gasteiger partial charge in [0.1, 0.15) is 5.82 Å². The maximum absolute atomic E-state index is 14.2. The zero-order chi connectivity index (χ0) is 19.7. The van der Waals surface area contributed by atoms with Gasteiger partial charge in [0.25, 0.3) is 5.91 Å². The fourth-order valence-corrected chi connectivity index (χ4v) is 3.84. The first kappa shape index (κ1) is 18.3. The van der Waals surface area contributed by atoms with Gasteiger partial charge in [-0.25, -0.2) is 4.39 Å². The van der Waals surface area contributed by atoms with Gasteiger partial charge in [0.05, 0.1) is 12.2 Å². The smallest absolute Gasteiger partial charge is 0.260 e. The van der Waals surface area contributed by atoms with Crippen LogP contribution >= 0.6 is 0 Å². The van der Waals surface area contributed by atoms with Gasteiger partial charge in [0.2, 0.25) is 0 Å². The Balaban J connectivity index is 1.88. The van der Waals surface area contributed by atoms with Gasteiger partial charge >= 0.3 is 0 Å². The molecular weight excluding hydrogens is 357 g/mol. The Morgan fingerprint density at radius 3 is 2.36 bits per heavy atom. The molecule has 0 fully saturated rings. The number of ether oxygens (including phenoxy) is 1. The number of nitrogens with zero attached hydrogens (tertiary/aromatic N) is 1. The number of para-hydroxylation sites is 1. The van der Waals surface area contributed by atoms with Crippen molar-refractivity contribution in [2.45, 2.75) is 18.2 Å². The standard InChI is InChI=1S/C23H20FNO3/c1-28-21-22(26)25(15-16-9-5-7-13-19(16)24)20-14-8-6-12-18(20)23(21,27)17-10-3-2-4-11-17/h2-14,21,27H,15H2,1H3. The number of rotatable bonds is 4. The molecule has 3 aromatic rings. The zero-order valence-corrected chi connectivity index (χ0v) is 15.4. The fourth-order valence-electron chi connectivity index (χ4n) is 3.84. The molecule has 1 aliphatic heterocycles. The minimum atomic E-state index is -1.64. The Labute approximate surface area is 162 Å². The molecule has 0 radical (unpaired) electrons. The summed E-state index contributed by atoms with van der Waals surface area (Å²) in [6.45, 7) is 0.0489. The number of carbonyl (C=O) groups is 1. The van der Waals surface area contributed by atoms with Crippen molar-refractivity contribution in [2.24, 2.45) is 0 Å². The lowest BCUT2D eigenvalue weighted by molar-refractivity contribution is -0.145. The van der Waals surface area contributed by atoms with E-state index in [4.69, 9.17) is 4.74 Å². The van der Waals surface area contributed by atoms with Crippen LogP contribution in [0.2, 0.25) is 0 Å². The van der Waals surface area contributed by atoms with E-state index in [0.29, 0.717) is 22.4 Å². The molecule has 0 bridgehead atoms. The average Bonchev–Trinajstić information content (AvgIpc) is 2.73. The summed E-state index contributed by atoms with van der Waals surface area (Å²) in [6, 6.07) is 22.5. The number of carbonyl (C=O) groups excluding carboxylic acids is 1. The summed E-state index contributed by atoms with van der Waals surface area (Å²) in [7, 11) is 1.39. The molecule has 0 spiro atoms. The third kappa shape index (κ3) is 2.80. The molecule has 5 heteroatoms. The second kappa shape index (κ2) is 7.19. The number of anilines is 1. The van der Waals surface area contributed by atoms with Crippen LogP contribution in [0.1, 0.15) is 16.7 Å². The molecule has 142 valence electrons. The molecule has 28 heavy (non-hydrogen) atoms. The van der Waals surface area contributed by atoms with Crippen LogP contribution < -0.4 is 4.90 Å². The first-order chi connectivity index (χ1) is 13.6. The van der Waals surface area contributed by atoms with E-state index < -0.39 is 17.6 Å². The second-order valence-electron chi connectivity index (χ2n) is 6.78. The summed E-state index contributed by atoms with van der Waals surface area (Å²) in [4.78, 5) is 14.8. The minimum Gasteiger partial charge on any atom is -0.377 e. The molecule has 1 N–H and O–H groups in total. The second-order valence-corrected chi connectivity index (χ2v) is 6.78. The number of amides is 1. The van der Waals surface area contributed by atoms with Crippen molar-refractivity contribution in [3.63, 3.8) is 0 Å². The summed E-state index contributed by atoms with van der Waals surface area (Å²) < 4.78 is 19.7. The van der Waals surface area contributed by atoms with Crippen LogP contribution in [0.3, 0.4) is 0 Å². The average molecular weight is 377 g/mol. The number of fused-ring (bicyclic) bond motifs is 1. The predicted molar refractivity (Wildman–Crippen MR) is 104 cm³/mol. The Hall–Kier alpha value is -3.02. The molecule has 0 saturated heterocycles. The van der Waals surface area contributed by atoms with Crippen molar-refractivity contribution in [3.8, 4) is 0 Å². The van der Waals surface area contributed by atoms with Crippen LogP contribution in [-0.4, -0.2) is 24.2 Å². The van der Waals surface area contributed by atoms with Crippen LogP contribution in [0.15, 0.2) is 78.9 Å². The highest BCUT2D eigenvalue weighted by molar-refractivity contribution is 6.01. The van der Waals surface area contributed by atoms with Crippen LogP contribution in [0.4, 0.5) is 10.1 Å². The van der Waals surface area contributed by atoms with Crippen molar-refractivity contribution < 1.29 is 19.0 Å². The van der Waals surface area contributed by atoms with Crippen molar-refractivity contribution in [1.29, 1.82) is 0 Å². The number of benzene rings is 3. The topological polar surface area (TPSA) is 49.8 Å². The molecule has 0 aliphatic carbocycles. The normalized spacial score (nSPS) is 21.5. The van der Waals surface area contributed by atoms with Gasteiger partial charge in [0.15, 0.2) is 11.7 Å². The van der Waals surface area contributed by atoms with Crippen molar-refractivity contribution in [1.82, 2.24) is 0 Å². The highest BCUT2D eigenvalue weighted by atomic mass is 19.1. The molecular formula is C23H20FNO3. The number of hydrogen-bond donors (Lipinski definition) is 1. The molecule has 2 unspecified atom stereocenters. The highest BCUT2D eigenvalue weighted by Crippen LogP contribution is 2.44. The molecule has 1 aliphatic rings. The molecule has 0 aromatic heterocycles. The van der Waals surface area contributed by atoms with E-state index in [1.54, 1.807) is 66.7 Å². The monoisotopic (exact) mass is 377 g/mol. The Morgan fingerprint density at radius 1 is 1.00 bits per heavy atom. The van der Waals surface area contributed by atoms with Crippen LogP contribution in [0, 0.1) is 5.82 Å². The molecule has 2 atom stereocenters. The molecule has 3 aromatic carbocycles. The molecule has 0 saturated carbocycles. The van der Waals surface area contributed by atoms with E-state index in [1.165, 1.54) is 18.1 Å². The molecule has 1 amide bonds. The van der Waals surface area contributed by atoms with E-state index in [0.717, 1.165) is 0 Å². The van der Waals surface area contributed by atoms with Crippen molar-refractivity contribution in [2.75, 3.05) is 12.0 Å². The van der Waals surface area contributed by atoms with Gasteiger partial charge in [-0.15, -0.1) is 0 Å². The van der Waals surface area contributed by atoms with Crippen molar-refractivity contribution in [3.05, 3.63) is 101 Å². The predicted octanol–water partition coefficient (Wildman–Crippen LogP) is 3.62. The summed E-state index contributed by atoms with van der Waals surface area (Å²) >= 11 is 0. The molecule has 4 rings (SSSR count). The number of aliphatic hydroxyl groups is 1. The highest BCUT2D eigenvalue weighted by Gasteiger charge is 2.52. The summed E-state index contributed by atoms with van der Waals surface area (Å²) in [5.41, 5.74) is 0.397. The van der Waals surface area contributed by atoms with Gasteiger partial charge in [-0.3, -0.25) is 4.79 Å². The van der Waals surface area contributed by atoms with Crippen molar-refractivity contribution >= 4 is 11.6 Å². The minimum absolute atomic E-state index is 0.0489. The van der Waals surface area contributed by atoms with Crippen LogP contribution in [-0.2, 0) is 21.7 Å². The third-order valence-corrected chi connectivity index (χ3v) is 5.21. The lowest BCUT2D eigenvalue weighted by Crippen LogP contribution is -2.57. The fraction of sp³-hybridized carbons (Fsp3) is 0.174. The van der Waals surface area contributed by atoms with Gasteiger partial charge in [-0.05, 0) is 17.7 Å². The summed E-state index contributed by atoms with van der Waals surface area (Å²) in [6.07, 6.45) is -1.16. The van der Waals surface area contributed by atoms with Gasteiger partial charge < -0.3 is 14.7 Å². The van der Waals surface area contributed by atoms with E-state index in [9.17, 15) is 14.3 Å². The lowest BCUT2D eigenvalue weighted by atomic mass is 9.77. The number of halogens is 1. The van der Waals surface area contributed by atoms with E-state index in [-0.39, 0.29) is 12.4 Å². The summed E-state index contributed by atoms with van der Waals surface area (Å²) in [5.74, 6) is -0.804. The first-order valence-electron chi connectivity index (χ1n) is 9.02. The summed E-state index contributed by atoms with van der Waals surface area (Å²) in [5, 5.41) is 11.7. The number of methoxy groups -OCH3 is 1. The van der Waals surface area contributed by atoms with Gasteiger partial charge in [-0.1, -0.05) is 66.7 Å². The van der Waals surface area contributed by atoms with Crippen LogP contribution in [0.5, 0.6) is 0 Å². The zero-order valence-electron chi connectivity index (χ0n) is 15.4. The number of hydrogen-bond acceptors (Lipinski definition) is 3. The van der Waals surface area contributed by atoms with E-state index in [1.807, 2.05) is 6.07 Å². The van der Waals surface area contributed by atoms with E-state index >= 15 is 0 Å². The Morgan fingerprint density at radius 2 is 1.64 bits per heavy atom. The van der Waals surface area contributed by atoms with Gasteiger partial charge in [-0.2, -0.15) is 0 Å². The Bertz CT molecular complexity index is 1010. The lowest BCUT2D eigenvalue weighted by Gasteiger charge is -2.44. The molecule has 1 heterocycles. The maximum atomic E-state index is 14.2. The molecule has 4 nitrogen and oxygen atoms in total. The SMILES string of the molecule is COC1C(=O)N(Cc2ccccc2F)c2ccccc2C1(O)c1ccccc1. The largest absolute Gasteiger partial charge is 0.377 e. The van der Waals surface area contributed by atoms with Crippen LogP contribution in [0.25, 0.3) is 0 Å². The Kier molecular flexibility index (Phi) is 4.71. The quantitative estimate of drug-likeness (QED) is 0.756. The maximum Gasteiger partial charge on any atom is 0.260 e. The first-order valence-corrected chi connectivity index (χ1v) is 9.02. The third-order valence-electron chi connectivity index (χ3n) is 5.21.